The Labute approximate surface area is 114 Å². The molecule has 0 radical (unpaired) electrons. The van der Waals surface area contributed by atoms with Gasteiger partial charge in [0.15, 0.2) is 0 Å². The minimum Gasteiger partial charge on any atom is -0.458 e. The molecule has 5 heteroatoms. The molecule has 1 aromatic carbocycles. The van der Waals surface area contributed by atoms with Crippen LogP contribution in [0.2, 0.25) is 0 Å². The summed E-state index contributed by atoms with van der Waals surface area (Å²) in [6.45, 7) is 3.60. The predicted molar refractivity (Wildman–Crippen MR) is 74.6 cm³/mol. The van der Waals surface area contributed by atoms with E-state index < -0.39 is 5.97 Å². The van der Waals surface area contributed by atoms with Crippen LogP contribution in [0.25, 0.3) is 11.1 Å². The molecule has 1 heterocycles. The maximum Gasteiger partial charge on any atom is 0.342 e. The second kappa shape index (κ2) is 5.67. The highest BCUT2D eigenvalue weighted by Gasteiger charge is 2.19. The van der Waals surface area contributed by atoms with E-state index >= 15 is 0 Å². The third kappa shape index (κ3) is 2.82. The van der Waals surface area contributed by atoms with Crippen molar-refractivity contribution in [3.63, 3.8) is 0 Å². The van der Waals surface area contributed by atoms with Crippen LogP contribution in [0.1, 0.15) is 10.4 Å². The first-order chi connectivity index (χ1) is 9.13. The molecule has 1 aromatic heterocycles. The summed E-state index contributed by atoms with van der Waals surface area (Å²) in [5, 5.41) is 2.14. The van der Waals surface area contributed by atoms with E-state index in [-0.39, 0.29) is 12.4 Å². The van der Waals surface area contributed by atoms with Crippen LogP contribution in [0.4, 0.5) is 9.39 Å². The molecule has 19 heavy (non-hydrogen) atoms. The fourth-order valence-corrected chi connectivity index (χ4v) is 2.44. The number of anilines is 1. The van der Waals surface area contributed by atoms with Gasteiger partial charge in [-0.05, 0) is 17.7 Å². The van der Waals surface area contributed by atoms with E-state index in [0.717, 1.165) is 5.56 Å². The van der Waals surface area contributed by atoms with Crippen LogP contribution < -0.4 is 5.73 Å². The molecule has 2 N–H and O–H groups in total. The zero-order chi connectivity index (χ0) is 13.8. The van der Waals surface area contributed by atoms with Gasteiger partial charge in [-0.1, -0.05) is 24.8 Å². The van der Waals surface area contributed by atoms with Gasteiger partial charge in [0.25, 0.3) is 0 Å². The second-order valence-electron chi connectivity index (χ2n) is 3.78. The molecule has 0 bridgehead atoms. The van der Waals surface area contributed by atoms with Gasteiger partial charge in [-0.15, -0.1) is 11.3 Å². The summed E-state index contributed by atoms with van der Waals surface area (Å²) >= 11 is 1.25. The van der Waals surface area contributed by atoms with Crippen LogP contribution >= 0.6 is 11.3 Å². The first kappa shape index (κ1) is 13.3. The second-order valence-corrected chi connectivity index (χ2v) is 4.69. The molecule has 0 spiro atoms. The Morgan fingerprint density at radius 3 is 2.74 bits per heavy atom. The fraction of sp³-hybridized carbons (Fsp3) is 0.0714. The van der Waals surface area contributed by atoms with Gasteiger partial charge >= 0.3 is 5.97 Å². The highest BCUT2D eigenvalue weighted by Crippen LogP contribution is 2.34. The lowest BCUT2D eigenvalue weighted by Crippen LogP contribution is -2.07. The predicted octanol–water partition coefficient (Wildman–Crippen LogP) is 3.48. The average molecular weight is 277 g/mol. The first-order valence-corrected chi connectivity index (χ1v) is 6.42. The van der Waals surface area contributed by atoms with E-state index in [4.69, 9.17) is 10.5 Å². The Kier molecular flexibility index (Phi) is 3.97. The minimum atomic E-state index is -0.502. The fourth-order valence-electron chi connectivity index (χ4n) is 1.63. The first-order valence-electron chi connectivity index (χ1n) is 5.54. The smallest absolute Gasteiger partial charge is 0.342 e. The van der Waals surface area contributed by atoms with Gasteiger partial charge < -0.3 is 10.5 Å². The molecule has 0 atom stereocenters. The Morgan fingerprint density at radius 1 is 1.42 bits per heavy atom. The number of nitrogens with two attached hydrogens (primary N) is 1. The van der Waals surface area contributed by atoms with Crippen molar-refractivity contribution in [1.29, 1.82) is 0 Å². The number of halogens is 1. The summed E-state index contributed by atoms with van der Waals surface area (Å²) in [6.07, 6.45) is 1.48. The van der Waals surface area contributed by atoms with Crippen molar-refractivity contribution >= 4 is 22.3 Å². The van der Waals surface area contributed by atoms with Crippen LogP contribution in [0, 0.1) is 5.82 Å². The van der Waals surface area contributed by atoms with Gasteiger partial charge in [0, 0.05) is 10.9 Å². The Hall–Kier alpha value is -2.14. The highest BCUT2D eigenvalue weighted by atomic mass is 32.1. The van der Waals surface area contributed by atoms with Crippen molar-refractivity contribution in [1.82, 2.24) is 0 Å². The van der Waals surface area contributed by atoms with Gasteiger partial charge in [0.05, 0.1) is 0 Å². The van der Waals surface area contributed by atoms with Crippen molar-refractivity contribution in [2.75, 3.05) is 12.3 Å². The maximum atomic E-state index is 12.9. The van der Waals surface area contributed by atoms with Crippen molar-refractivity contribution in [2.24, 2.45) is 0 Å². The van der Waals surface area contributed by atoms with Crippen molar-refractivity contribution in [3.8, 4) is 11.1 Å². The molecule has 0 aliphatic carbocycles. The SMILES string of the molecule is C=CCOC(=O)c1c(-c2ccc(F)cc2)csc1N. The number of benzene rings is 1. The number of ether oxygens (including phenoxy) is 1. The van der Waals surface area contributed by atoms with Crippen molar-refractivity contribution < 1.29 is 13.9 Å². The lowest BCUT2D eigenvalue weighted by Gasteiger charge is -2.05. The summed E-state index contributed by atoms with van der Waals surface area (Å²) in [5.74, 6) is -0.833. The van der Waals surface area contributed by atoms with Crippen LogP contribution in [0.15, 0.2) is 42.3 Å². The molecule has 3 nitrogen and oxygen atoms in total. The number of nitrogen functional groups attached to an aromatic ring is 1. The minimum absolute atomic E-state index is 0.122. The molecular formula is C14H12FNO2S. The molecule has 0 fully saturated rings. The number of hydrogen-bond donors (Lipinski definition) is 1. The number of carbonyl (C=O) groups excluding carboxylic acids is 1. The highest BCUT2D eigenvalue weighted by molar-refractivity contribution is 7.14. The third-order valence-corrected chi connectivity index (χ3v) is 3.32. The van der Waals surface area contributed by atoms with Gasteiger partial charge in [-0.2, -0.15) is 0 Å². The lowest BCUT2D eigenvalue weighted by atomic mass is 10.0. The summed E-state index contributed by atoms with van der Waals surface area (Å²) in [7, 11) is 0. The molecule has 98 valence electrons. The van der Waals surface area contributed by atoms with E-state index in [1.807, 2.05) is 0 Å². The lowest BCUT2D eigenvalue weighted by molar-refractivity contribution is 0.0552. The summed E-state index contributed by atoms with van der Waals surface area (Å²) in [6, 6.07) is 5.87. The number of hydrogen-bond acceptors (Lipinski definition) is 4. The summed E-state index contributed by atoms with van der Waals surface area (Å²) in [5.41, 5.74) is 7.49. The van der Waals surface area contributed by atoms with Crippen LogP contribution in [-0.4, -0.2) is 12.6 Å². The quantitative estimate of drug-likeness (QED) is 0.687. The van der Waals surface area contributed by atoms with Gasteiger partial charge in [-0.25, -0.2) is 9.18 Å². The molecule has 2 aromatic rings. The standard InChI is InChI=1S/C14H12FNO2S/c1-2-7-18-14(17)12-11(8-19-13(12)16)9-3-5-10(15)6-4-9/h2-6,8H,1,7,16H2. The van der Waals surface area contributed by atoms with Gasteiger partial charge in [0.2, 0.25) is 0 Å². The van der Waals surface area contributed by atoms with Gasteiger partial charge in [0.1, 0.15) is 23.0 Å². The Morgan fingerprint density at radius 2 is 2.11 bits per heavy atom. The molecule has 2 rings (SSSR count). The monoisotopic (exact) mass is 277 g/mol. The van der Waals surface area contributed by atoms with Crippen molar-refractivity contribution in [2.45, 2.75) is 0 Å². The normalized spacial score (nSPS) is 10.2. The number of thiophene rings is 1. The van der Waals surface area contributed by atoms with Gasteiger partial charge in [-0.3, -0.25) is 0 Å². The number of rotatable bonds is 4. The summed E-state index contributed by atoms with van der Waals surface area (Å²) < 4.78 is 17.9. The topological polar surface area (TPSA) is 52.3 Å². The van der Waals surface area contributed by atoms with Crippen LogP contribution in [0.3, 0.4) is 0 Å². The van der Waals surface area contributed by atoms with E-state index in [1.165, 1.54) is 29.5 Å². The largest absolute Gasteiger partial charge is 0.458 e. The third-order valence-electron chi connectivity index (χ3n) is 2.51. The van der Waals surface area contributed by atoms with E-state index in [2.05, 4.69) is 6.58 Å². The molecule has 0 aliphatic rings. The maximum absolute atomic E-state index is 12.9. The van der Waals surface area contributed by atoms with Crippen LogP contribution in [0.5, 0.6) is 0 Å². The van der Waals surface area contributed by atoms with E-state index in [9.17, 15) is 9.18 Å². The average Bonchev–Trinajstić information content (AvgIpc) is 2.79. The Balaban J connectivity index is 2.39. The molecule has 0 amide bonds. The van der Waals surface area contributed by atoms with E-state index in [0.29, 0.717) is 16.1 Å². The Bertz CT molecular complexity index is 604. The molecule has 0 saturated carbocycles. The molecule has 0 aliphatic heterocycles. The van der Waals surface area contributed by atoms with Crippen molar-refractivity contribution in [3.05, 3.63) is 53.7 Å². The summed E-state index contributed by atoms with van der Waals surface area (Å²) in [4.78, 5) is 11.9. The van der Waals surface area contributed by atoms with E-state index in [1.54, 1.807) is 17.5 Å². The number of esters is 1. The molecular weight excluding hydrogens is 265 g/mol. The molecule has 0 unspecified atom stereocenters. The number of carbonyl (C=O) groups is 1. The zero-order valence-electron chi connectivity index (χ0n) is 10.1. The van der Waals surface area contributed by atoms with Crippen LogP contribution in [-0.2, 0) is 4.74 Å². The zero-order valence-corrected chi connectivity index (χ0v) is 10.9. The molecule has 0 saturated heterocycles.